The number of amides is 1. The van der Waals surface area contributed by atoms with Crippen LogP contribution in [0.15, 0.2) is 89.8 Å². The Bertz CT molecular complexity index is 1470. The lowest BCUT2D eigenvalue weighted by Gasteiger charge is -2.25. The number of fused-ring (bicyclic) bond motifs is 1. The number of para-hydroxylation sites is 1. The van der Waals surface area contributed by atoms with Crippen molar-refractivity contribution < 1.29 is 32.2 Å². The number of aromatic nitrogens is 1. The quantitative estimate of drug-likeness (QED) is 0.193. The van der Waals surface area contributed by atoms with Crippen LogP contribution in [0, 0.1) is 17.8 Å². The van der Waals surface area contributed by atoms with E-state index in [0.29, 0.717) is 29.9 Å². The second-order valence-electron chi connectivity index (χ2n) is 10.5. The third kappa shape index (κ3) is 7.21. The highest BCUT2D eigenvalue weighted by Gasteiger charge is 2.56. The van der Waals surface area contributed by atoms with E-state index in [4.69, 9.17) is 9.47 Å². The maximum atomic E-state index is 13.1. The van der Waals surface area contributed by atoms with E-state index < -0.39 is 12.5 Å². The van der Waals surface area contributed by atoms with Crippen molar-refractivity contribution in [3.63, 3.8) is 0 Å². The molecule has 1 aromatic heterocycles. The van der Waals surface area contributed by atoms with Crippen LogP contribution in [0.5, 0.6) is 23.1 Å². The molecule has 6 rings (SSSR count). The lowest BCUT2D eigenvalue weighted by Crippen LogP contribution is -2.36. The maximum Gasteiger partial charge on any atom is 0.573 e. The molecule has 0 N–H and O–H groups in total. The molecule has 2 fully saturated rings. The summed E-state index contributed by atoms with van der Waals surface area (Å²) in [5, 5.41) is 1.62. The lowest BCUT2D eigenvalue weighted by molar-refractivity contribution is -0.274. The van der Waals surface area contributed by atoms with Crippen LogP contribution in [-0.4, -0.2) is 46.9 Å². The highest BCUT2D eigenvalue weighted by molar-refractivity contribution is 7.07. The fourth-order valence-electron chi connectivity index (χ4n) is 5.61. The summed E-state index contributed by atoms with van der Waals surface area (Å²) in [6.07, 6.45) is -5.38. The van der Waals surface area contributed by atoms with E-state index in [2.05, 4.69) is 26.8 Å². The first-order valence-corrected chi connectivity index (χ1v) is 14.5. The first-order valence-electron chi connectivity index (χ1n) is 13.5. The summed E-state index contributed by atoms with van der Waals surface area (Å²) in [6.45, 7) is 3.20. The molecule has 11 heteroatoms. The van der Waals surface area contributed by atoms with Crippen LogP contribution < -0.4 is 14.2 Å². The molecule has 218 valence electrons. The minimum Gasteiger partial charge on any atom is -0.457 e. The Balaban J connectivity index is 1.05. The number of piperidine rings is 1. The monoisotopic (exact) mass is 595 g/mol. The number of benzene rings is 3. The van der Waals surface area contributed by atoms with Gasteiger partial charge in [0.05, 0.1) is 10.9 Å². The third-order valence-electron chi connectivity index (χ3n) is 7.55. The molecule has 1 amide bonds. The number of alkyl halides is 3. The average molecular weight is 596 g/mol. The van der Waals surface area contributed by atoms with Crippen LogP contribution >= 0.6 is 11.3 Å². The van der Waals surface area contributed by atoms with Gasteiger partial charge in [0.2, 0.25) is 5.88 Å². The Kier molecular flexibility index (Phi) is 8.03. The van der Waals surface area contributed by atoms with Crippen molar-refractivity contribution in [2.24, 2.45) is 17.8 Å². The third-order valence-corrected chi connectivity index (χ3v) is 8.12. The van der Waals surface area contributed by atoms with Crippen molar-refractivity contribution in [2.75, 3.05) is 19.6 Å². The van der Waals surface area contributed by atoms with Gasteiger partial charge in [0, 0.05) is 32.7 Å². The number of likely N-dealkylation sites (tertiary alicyclic amines) is 1. The van der Waals surface area contributed by atoms with Crippen LogP contribution in [0.2, 0.25) is 0 Å². The molecule has 0 bridgehead atoms. The highest BCUT2D eigenvalue weighted by Crippen LogP contribution is 2.52. The first-order chi connectivity index (χ1) is 20.3. The Morgan fingerprint density at radius 1 is 0.929 bits per heavy atom. The molecule has 1 saturated carbocycles. The average Bonchev–Trinajstić information content (AvgIpc) is 3.29. The summed E-state index contributed by atoms with van der Waals surface area (Å²) in [5.74, 6) is 2.64. The van der Waals surface area contributed by atoms with Gasteiger partial charge in [0.1, 0.15) is 17.2 Å². The van der Waals surface area contributed by atoms with E-state index in [9.17, 15) is 18.0 Å². The van der Waals surface area contributed by atoms with Crippen LogP contribution in [0.3, 0.4) is 0 Å². The van der Waals surface area contributed by atoms with Gasteiger partial charge in [-0.15, -0.1) is 24.5 Å². The van der Waals surface area contributed by atoms with Crippen LogP contribution in [-0.2, 0) is 13.1 Å². The van der Waals surface area contributed by atoms with Crippen molar-refractivity contribution in [3.05, 3.63) is 101 Å². The standard InChI is InChI=1S/C31H28F3N3O4S/c32-31(33,34)41-25-8-4-5-22(13-25)15-37(30(38)40-29-19-42-20-35-29)18-28-26-16-36(17-27(26)28)14-21-9-11-24(12-10-21)39-23-6-2-1-3-7-23/h1-13,19-20,26-28H,14-18H2. The molecular formula is C31H28F3N3O4S. The van der Waals surface area contributed by atoms with Gasteiger partial charge < -0.3 is 19.1 Å². The molecule has 0 radical (unpaired) electrons. The van der Waals surface area contributed by atoms with Gasteiger partial charge in [-0.05, 0) is 65.3 Å². The number of rotatable bonds is 10. The number of thiazole rings is 1. The number of hydrogen-bond acceptors (Lipinski definition) is 7. The number of hydrogen-bond donors (Lipinski definition) is 0. The van der Waals surface area contributed by atoms with E-state index in [1.807, 2.05) is 42.5 Å². The predicted octanol–water partition coefficient (Wildman–Crippen LogP) is 7.21. The van der Waals surface area contributed by atoms with E-state index in [1.165, 1.54) is 35.1 Å². The fraction of sp³-hybridized carbons (Fsp3) is 0.290. The lowest BCUT2D eigenvalue weighted by atomic mass is 10.1. The largest absolute Gasteiger partial charge is 0.573 e. The maximum absolute atomic E-state index is 13.1. The Hall–Kier alpha value is -4.09. The summed E-state index contributed by atoms with van der Waals surface area (Å²) >= 11 is 1.30. The van der Waals surface area contributed by atoms with Crippen LogP contribution in [0.25, 0.3) is 0 Å². The van der Waals surface area contributed by atoms with Gasteiger partial charge in [-0.2, -0.15) is 0 Å². The molecule has 1 saturated heterocycles. The van der Waals surface area contributed by atoms with E-state index >= 15 is 0 Å². The van der Waals surface area contributed by atoms with Gasteiger partial charge in [-0.3, -0.25) is 4.90 Å². The fourth-order valence-corrected chi connectivity index (χ4v) is 6.06. The predicted molar refractivity (Wildman–Crippen MR) is 150 cm³/mol. The number of halogens is 3. The normalized spacial score (nSPS) is 19.6. The van der Waals surface area contributed by atoms with Crippen molar-refractivity contribution in [1.29, 1.82) is 0 Å². The molecule has 1 aliphatic heterocycles. The molecule has 0 spiro atoms. The zero-order valence-electron chi connectivity index (χ0n) is 22.4. The van der Waals surface area contributed by atoms with Gasteiger partial charge >= 0.3 is 12.5 Å². The van der Waals surface area contributed by atoms with Gasteiger partial charge in [0.15, 0.2) is 0 Å². The summed E-state index contributed by atoms with van der Waals surface area (Å²) in [5.41, 5.74) is 3.27. The smallest absolute Gasteiger partial charge is 0.457 e. The summed E-state index contributed by atoms with van der Waals surface area (Å²) in [6, 6.07) is 23.4. The Morgan fingerprint density at radius 2 is 1.64 bits per heavy atom. The summed E-state index contributed by atoms with van der Waals surface area (Å²) in [7, 11) is 0. The first kappa shape index (κ1) is 28.0. The molecule has 3 aromatic carbocycles. The molecular weight excluding hydrogens is 567 g/mol. The van der Waals surface area contributed by atoms with Crippen LogP contribution in [0.4, 0.5) is 18.0 Å². The van der Waals surface area contributed by atoms with Crippen molar-refractivity contribution >= 4 is 17.4 Å². The van der Waals surface area contributed by atoms with E-state index in [0.717, 1.165) is 31.1 Å². The minimum absolute atomic E-state index is 0.0923. The van der Waals surface area contributed by atoms with Gasteiger partial charge in [-0.1, -0.05) is 42.5 Å². The topological polar surface area (TPSA) is 64.1 Å². The molecule has 4 aromatic rings. The molecule has 2 heterocycles. The Morgan fingerprint density at radius 3 is 2.33 bits per heavy atom. The molecule has 2 atom stereocenters. The number of ether oxygens (including phenoxy) is 3. The van der Waals surface area contributed by atoms with E-state index in [-0.39, 0.29) is 18.2 Å². The SMILES string of the molecule is O=C(Oc1cscn1)N(Cc1cccc(OC(F)(F)F)c1)CC1C2CN(Cc3ccc(Oc4ccccc4)cc3)CC21. The van der Waals surface area contributed by atoms with Crippen molar-refractivity contribution in [2.45, 2.75) is 19.5 Å². The molecule has 7 nitrogen and oxygen atoms in total. The minimum atomic E-state index is -4.79. The molecule has 2 aliphatic rings. The molecule has 2 unspecified atom stereocenters. The molecule has 1 aliphatic carbocycles. The number of carbonyl (C=O) groups excluding carboxylic acids is 1. The van der Waals surface area contributed by atoms with Crippen molar-refractivity contribution in [1.82, 2.24) is 14.8 Å². The Labute approximate surface area is 245 Å². The number of nitrogens with zero attached hydrogens (tertiary/aromatic N) is 3. The van der Waals surface area contributed by atoms with Gasteiger partial charge in [0.25, 0.3) is 0 Å². The van der Waals surface area contributed by atoms with E-state index in [1.54, 1.807) is 21.9 Å². The van der Waals surface area contributed by atoms with Crippen molar-refractivity contribution in [3.8, 4) is 23.1 Å². The van der Waals surface area contributed by atoms with Crippen LogP contribution in [0.1, 0.15) is 11.1 Å². The zero-order valence-corrected chi connectivity index (χ0v) is 23.3. The summed E-state index contributed by atoms with van der Waals surface area (Å²) in [4.78, 5) is 21.1. The highest BCUT2D eigenvalue weighted by atomic mass is 32.1. The van der Waals surface area contributed by atoms with Gasteiger partial charge in [-0.25, -0.2) is 9.78 Å². The second kappa shape index (κ2) is 12.0. The summed E-state index contributed by atoms with van der Waals surface area (Å²) < 4.78 is 53.6. The second-order valence-corrected chi connectivity index (χ2v) is 11.2. The number of carbonyl (C=O) groups is 1. The molecule has 42 heavy (non-hydrogen) atoms. The zero-order chi connectivity index (χ0) is 29.1.